The second-order valence-corrected chi connectivity index (χ2v) is 5.99. The van der Waals surface area contributed by atoms with Gasteiger partial charge in [-0.2, -0.15) is 0 Å². The zero-order valence-corrected chi connectivity index (χ0v) is 13.8. The van der Waals surface area contributed by atoms with Crippen LogP contribution in [0.15, 0.2) is 24.3 Å². The molecule has 24 heavy (non-hydrogen) atoms. The molecule has 3 amide bonds. The first-order valence-corrected chi connectivity index (χ1v) is 8.01. The molecule has 7 heteroatoms. The van der Waals surface area contributed by atoms with Crippen molar-refractivity contribution in [3.63, 3.8) is 0 Å². The van der Waals surface area contributed by atoms with Crippen LogP contribution < -0.4 is 11.1 Å². The van der Waals surface area contributed by atoms with Crippen LogP contribution in [0, 0.1) is 6.92 Å². The number of likely N-dealkylation sites (tertiary alicyclic amines) is 1. The van der Waals surface area contributed by atoms with E-state index in [1.165, 1.54) is 5.56 Å². The van der Waals surface area contributed by atoms with Crippen molar-refractivity contribution >= 4 is 17.9 Å². The van der Waals surface area contributed by atoms with Crippen molar-refractivity contribution in [1.29, 1.82) is 0 Å². The van der Waals surface area contributed by atoms with Crippen LogP contribution in [-0.4, -0.2) is 42.0 Å². The predicted octanol–water partition coefficient (Wildman–Crippen LogP) is 1.09. The van der Waals surface area contributed by atoms with Gasteiger partial charge in [0.2, 0.25) is 0 Å². The molecule has 130 valence electrons. The first-order valence-electron chi connectivity index (χ1n) is 8.01. The third-order valence-electron chi connectivity index (χ3n) is 3.96. The van der Waals surface area contributed by atoms with Crippen LogP contribution >= 0.6 is 0 Å². The highest BCUT2D eigenvalue weighted by Gasteiger charge is 2.30. The van der Waals surface area contributed by atoms with E-state index in [0.29, 0.717) is 13.0 Å². The summed E-state index contributed by atoms with van der Waals surface area (Å²) in [5.74, 6) is -1.17. The zero-order valence-electron chi connectivity index (χ0n) is 13.8. The number of piperidine rings is 1. The molecular weight excluding hydrogens is 310 g/mol. The number of nitrogens with zero attached hydrogens (tertiary/aromatic N) is 1. The molecule has 3 N–H and O–H groups in total. The molecule has 1 aliphatic rings. The molecule has 0 bridgehead atoms. The molecule has 1 saturated heterocycles. The Morgan fingerprint density at radius 2 is 2.12 bits per heavy atom. The van der Waals surface area contributed by atoms with Crippen molar-refractivity contribution in [3.05, 3.63) is 35.4 Å². The number of primary amides is 1. The number of esters is 1. The van der Waals surface area contributed by atoms with Crippen LogP contribution in [0.25, 0.3) is 0 Å². The molecule has 1 atom stereocenters. The molecule has 0 aliphatic carbocycles. The van der Waals surface area contributed by atoms with Gasteiger partial charge in [-0.05, 0) is 31.9 Å². The third-order valence-corrected chi connectivity index (χ3v) is 3.96. The Balaban J connectivity index is 1.94. The Labute approximate surface area is 141 Å². The third kappa shape index (κ3) is 5.34. The SMILES string of the molecule is Cc1cccc(CN2CCCCC2C(=O)OCC(=O)NC(N)=O)c1. The van der Waals surface area contributed by atoms with Crippen LogP contribution in [0.4, 0.5) is 4.79 Å². The fourth-order valence-electron chi connectivity index (χ4n) is 2.90. The molecule has 1 fully saturated rings. The van der Waals surface area contributed by atoms with Gasteiger partial charge >= 0.3 is 12.0 Å². The van der Waals surface area contributed by atoms with Gasteiger partial charge in [0, 0.05) is 6.54 Å². The summed E-state index contributed by atoms with van der Waals surface area (Å²) in [4.78, 5) is 36.3. The van der Waals surface area contributed by atoms with E-state index >= 15 is 0 Å². The first kappa shape index (κ1) is 17.9. The lowest BCUT2D eigenvalue weighted by Crippen LogP contribution is -2.46. The molecule has 0 saturated carbocycles. The van der Waals surface area contributed by atoms with Gasteiger partial charge in [-0.25, -0.2) is 4.79 Å². The van der Waals surface area contributed by atoms with Crippen molar-refractivity contribution in [1.82, 2.24) is 10.2 Å². The van der Waals surface area contributed by atoms with Gasteiger partial charge in [-0.1, -0.05) is 36.2 Å². The number of urea groups is 1. The van der Waals surface area contributed by atoms with E-state index in [0.717, 1.165) is 24.9 Å². The van der Waals surface area contributed by atoms with Crippen molar-refractivity contribution in [2.75, 3.05) is 13.2 Å². The lowest BCUT2D eigenvalue weighted by atomic mass is 10.0. The average molecular weight is 333 g/mol. The maximum absolute atomic E-state index is 12.3. The van der Waals surface area contributed by atoms with Crippen LogP contribution in [0.3, 0.4) is 0 Å². The number of imide groups is 1. The van der Waals surface area contributed by atoms with E-state index in [2.05, 4.69) is 11.0 Å². The minimum absolute atomic E-state index is 0.374. The number of hydrogen-bond donors (Lipinski definition) is 2. The largest absolute Gasteiger partial charge is 0.454 e. The van der Waals surface area contributed by atoms with Crippen LogP contribution in [0.5, 0.6) is 0 Å². The topological polar surface area (TPSA) is 102 Å². The number of amides is 3. The molecule has 1 heterocycles. The lowest BCUT2D eigenvalue weighted by molar-refractivity contribution is -0.155. The quantitative estimate of drug-likeness (QED) is 0.785. The molecule has 1 unspecified atom stereocenters. The summed E-state index contributed by atoms with van der Waals surface area (Å²) in [6.07, 6.45) is 2.66. The average Bonchev–Trinajstić information content (AvgIpc) is 2.52. The van der Waals surface area contributed by atoms with Crippen LogP contribution in [-0.2, 0) is 20.9 Å². The van der Waals surface area contributed by atoms with Gasteiger partial charge in [0.15, 0.2) is 6.61 Å². The van der Waals surface area contributed by atoms with Crippen LogP contribution in [0.2, 0.25) is 0 Å². The van der Waals surface area contributed by atoms with Gasteiger partial charge in [0.05, 0.1) is 0 Å². The molecule has 1 aromatic carbocycles. The van der Waals surface area contributed by atoms with Gasteiger partial charge in [0.25, 0.3) is 5.91 Å². The summed E-state index contributed by atoms with van der Waals surface area (Å²) in [5, 5.41) is 1.87. The van der Waals surface area contributed by atoms with E-state index in [9.17, 15) is 14.4 Å². The molecule has 7 nitrogen and oxygen atoms in total. The number of benzene rings is 1. The fraction of sp³-hybridized carbons (Fsp3) is 0.471. The monoisotopic (exact) mass is 333 g/mol. The normalized spacial score (nSPS) is 18.0. The minimum Gasteiger partial charge on any atom is -0.454 e. The molecule has 0 aromatic heterocycles. The van der Waals surface area contributed by atoms with Gasteiger partial charge in [-0.3, -0.25) is 19.8 Å². The second kappa shape index (κ2) is 8.44. The summed E-state index contributed by atoms with van der Waals surface area (Å²) >= 11 is 0. The van der Waals surface area contributed by atoms with Crippen molar-refractivity contribution in [2.45, 2.75) is 38.8 Å². The Hall–Kier alpha value is -2.41. The van der Waals surface area contributed by atoms with Crippen LogP contribution in [0.1, 0.15) is 30.4 Å². The highest BCUT2D eigenvalue weighted by molar-refractivity contribution is 5.95. The molecule has 1 aromatic rings. The standard InChI is InChI=1S/C17H23N3O4/c1-12-5-4-6-13(9-12)10-20-8-3-2-7-14(20)16(22)24-11-15(21)19-17(18)23/h4-6,9,14H,2-3,7-8,10-11H2,1H3,(H3,18,19,21,23). The fourth-order valence-corrected chi connectivity index (χ4v) is 2.90. The second-order valence-electron chi connectivity index (χ2n) is 5.99. The molecule has 0 spiro atoms. The number of nitrogens with one attached hydrogen (secondary N) is 1. The maximum atomic E-state index is 12.3. The van der Waals surface area contributed by atoms with E-state index in [1.807, 2.05) is 30.4 Å². The van der Waals surface area contributed by atoms with E-state index in [1.54, 1.807) is 0 Å². The van der Waals surface area contributed by atoms with E-state index in [-0.39, 0.29) is 6.04 Å². The predicted molar refractivity (Wildman–Crippen MR) is 87.9 cm³/mol. The highest BCUT2D eigenvalue weighted by atomic mass is 16.5. The van der Waals surface area contributed by atoms with Gasteiger partial charge in [0.1, 0.15) is 6.04 Å². The Morgan fingerprint density at radius 3 is 2.83 bits per heavy atom. The minimum atomic E-state index is -0.963. The smallest absolute Gasteiger partial charge is 0.323 e. The number of rotatable bonds is 5. The Bertz CT molecular complexity index is 618. The first-order chi connectivity index (χ1) is 11.5. The van der Waals surface area contributed by atoms with Crippen molar-refractivity contribution in [2.24, 2.45) is 5.73 Å². The summed E-state index contributed by atoms with van der Waals surface area (Å²) in [6.45, 7) is 3.00. The Kier molecular flexibility index (Phi) is 6.31. The molecule has 1 aliphatic heterocycles. The number of carbonyl (C=O) groups excluding carboxylic acids is 3. The molecular formula is C17H23N3O4. The number of carbonyl (C=O) groups is 3. The van der Waals surface area contributed by atoms with Crippen molar-refractivity contribution in [3.8, 4) is 0 Å². The lowest BCUT2D eigenvalue weighted by Gasteiger charge is -2.34. The summed E-state index contributed by atoms with van der Waals surface area (Å²) < 4.78 is 5.04. The maximum Gasteiger partial charge on any atom is 0.323 e. The Morgan fingerprint density at radius 1 is 1.33 bits per heavy atom. The van der Waals surface area contributed by atoms with Crippen molar-refractivity contribution < 1.29 is 19.1 Å². The number of hydrogen-bond acceptors (Lipinski definition) is 5. The number of aryl methyl sites for hydroxylation is 1. The number of nitrogens with two attached hydrogens (primary N) is 1. The molecule has 0 radical (unpaired) electrons. The highest BCUT2D eigenvalue weighted by Crippen LogP contribution is 2.21. The molecule has 2 rings (SSSR count). The summed E-state index contributed by atoms with van der Waals surface area (Å²) in [6, 6.07) is 6.82. The van der Waals surface area contributed by atoms with Gasteiger partial charge in [-0.15, -0.1) is 0 Å². The number of ether oxygens (including phenoxy) is 1. The van der Waals surface area contributed by atoms with Gasteiger partial charge < -0.3 is 10.5 Å². The van der Waals surface area contributed by atoms with E-state index in [4.69, 9.17) is 10.5 Å². The summed E-state index contributed by atoms with van der Waals surface area (Å²) in [7, 11) is 0. The summed E-state index contributed by atoms with van der Waals surface area (Å²) in [5.41, 5.74) is 7.16. The van der Waals surface area contributed by atoms with E-state index < -0.39 is 24.5 Å². The zero-order chi connectivity index (χ0) is 17.5.